The third kappa shape index (κ3) is 3.70. The summed E-state index contributed by atoms with van der Waals surface area (Å²) in [6, 6.07) is 7.40. The number of piperidine rings is 1. The van der Waals surface area contributed by atoms with Gasteiger partial charge in [-0.2, -0.15) is 4.98 Å². The Morgan fingerprint density at radius 3 is 2.87 bits per heavy atom. The number of carbonyl (C=O) groups excluding carboxylic acids is 1. The van der Waals surface area contributed by atoms with Crippen LogP contribution in [0.3, 0.4) is 0 Å². The molecule has 0 unspecified atom stereocenters. The van der Waals surface area contributed by atoms with Crippen LogP contribution in [0.5, 0.6) is 5.75 Å². The monoisotopic (exact) mass is 315 g/mol. The molecule has 1 aromatic carbocycles. The largest absolute Gasteiger partial charge is 0.497 e. The van der Waals surface area contributed by atoms with Gasteiger partial charge in [-0.15, -0.1) is 0 Å². The van der Waals surface area contributed by atoms with Gasteiger partial charge in [0.15, 0.2) is 0 Å². The molecule has 6 heteroatoms. The number of carbonyl (C=O) groups is 1. The smallest absolute Gasteiger partial charge is 0.236 e. The van der Waals surface area contributed by atoms with E-state index in [4.69, 9.17) is 9.26 Å². The molecule has 1 aliphatic rings. The van der Waals surface area contributed by atoms with E-state index >= 15 is 0 Å². The number of amides is 1. The third-order valence-electron chi connectivity index (χ3n) is 4.13. The number of nitrogens with zero attached hydrogens (tertiary/aromatic N) is 3. The van der Waals surface area contributed by atoms with Gasteiger partial charge in [0.05, 0.1) is 7.11 Å². The zero-order chi connectivity index (χ0) is 16.2. The summed E-state index contributed by atoms with van der Waals surface area (Å²) in [5.74, 6) is 2.24. The first-order valence-electron chi connectivity index (χ1n) is 7.90. The Bertz CT molecular complexity index is 666. The van der Waals surface area contributed by atoms with Crippen molar-refractivity contribution in [3.63, 3.8) is 0 Å². The van der Waals surface area contributed by atoms with Gasteiger partial charge in [-0.1, -0.05) is 12.1 Å². The van der Waals surface area contributed by atoms with Crippen molar-refractivity contribution < 1.29 is 14.1 Å². The minimum atomic E-state index is 0.0569. The minimum absolute atomic E-state index is 0.0569. The summed E-state index contributed by atoms with van der Waals surface area (Å²) in [7, 11) is 1.62. The first kappa shape index (κ1) is 15.5. The molecule has 1 aliphatic heterocycles. The molecule has 2 heterocycles. The van der Waals surface area contributed by atoms with Crippen LogP contribution in [-0.4, -0.2) is 41.1 Å². The fourth-order valence-electron chi connectivity index (χ4n) is 2.84. The second-order valence-corrected chi connectivity index (χ2v) is 6.00. The molecular weight excluding hydrogens is 294 g/mol. The van der Waals surface area contributed by atoms with Crippen molar-refractivity contribution in [2.75, 3.05) is 20.2 Å². The number of aromatic nitrogens is 2. The van der Waals surface area contributed by atoms with Gasteiger partial charge >= 0.3 is 0 Å². The molecule has 0 aliphatic carbocycles. The van der Waals surface area contributed by atoms with Crippen LogP contribution in [0.25, 0.3) is 11.4 Å². The molecule has 1 saturated heterocycles. The number of hydrogen-bond acceptors (Lipinski definition) is 5. The predicted octanol–water partition coefficient (Wildman–Crippen LogP) is 2.55. The third-order valence-corrected chi connectivity index (χ3v) is 4.13. The molecule has 0 bridgehead atoms. The van der Waals surface area contributed by atoms with Gasteiger partial charge in [-0.05, 0) is 43.0 Å². The Balaban J connectivity index is 1.65. The van der Waals surface area contributed by atoms with E-state index in [0.717, 1.165) is 30.8 Å². The molecule has 1 atom stereocenters. The Kier molecular flexibility index (Phi) is 4.60. The van der Waals surface area contributed by atoms with E-state index in [9.17, 15) is 4.79 Å². The highest BCUT2D eigenvalue weighted by atomic mass is 16.5. The number of likely N-dealkylation sites (tertiary alicyclic amines) is 1. The number of ether oxygens (including phenoxy) is 1. The maximum Gasteiger partial charge on any atom is 0.236 e. The van der Waals surface area contributed by atoms with E-state index in [1.165, 1.54) is 6.42 Å². The molecule has 0 radical (unpaired) electrons. The van der Waals surface area contributed by atoms with E-state index in [-0.39, 0.29) is 12.3 Å². The summed E-state index contributed by atoms with van der Waals surface area (Å²) in [4.78, 5) is 18.5. The molecule has 1 aromatic heterocycles. The highest BCUT2D eigenvalue weighted by molar-refractivity contribution is 5.78. The van der Waals surface area contributed by atoms with Crippen LogP contribution >= 0.6 is 0 Å². The van der Waals surface area contributed by atoms with Crippen molar-refractivity contribution in [1.82, 2.24) is 15.0 Å². The number of benzene rings is 1. The van der Waals surface area contributed by atoms with Gasteiger partial charge in [-0.25, -0.2) is 0 Å². The lowest BCUT2D eigenvalue weighted by molar-refractivity contribution is -0.132. The predicted molar refractivity (Wildman–Crippen MR) is 85.0 cm³/mol. The van der Waals surface area contributed by atoms with Crippen LogP contribution in [-0.2, 0) is 11.2 Å². The zero-order valence-electron chi connectivity index (χ0n) is 13.5. The Labute approximate surface area is 135 Å². The number of hydrogen-bond donors (Lipinski definition) is 0. The highest BCUT2D eigenvalue weighted by Crippen LogP contribution is 2.20. The first-order chi connectivity index (χ1) is 11.2. The maximum absolute atomic E-state index is 12.3. The number of rotatable bonds is 4. The number of methoxy groups -OCH3 is 1. The Hall–Kier alpha value is -2.37. The van der Waals surface area contributed by atoms with E-state index in [1.807, 2.05) is 29.2 Å². The van der Waals surface area contributed by atoms with E-state index in [0.29, 0.717) is 17.6 Å². The quantitative estimate of drug-likeness (QED) is 0.867. The topological polar surface area (TPSA) is 68.5 Å². The van der Waals surface area contributed by atoms with Crippen molar-refractivity contribution in [2.45, 2.75) is 26.2 Å². The minimum Gasteiger partial charge on any atom is -0.497 e. The van der Waals surface area contributed by atoms with E-state index in [2.05, 4.69) is 17.1 Å². The molecule has 1 amide bonds. The lowest BCUT2D eigenvalue weighted by atomic mass is 10.00. The Morgan fingerprint density at radius 1 is 1.39 bits per heavy atom. The normalized spacial score (nSPS) is 18.0. The molecule has 3 rings (SSSR count). The van der Waals surface area contributed by atoms with E-state index in [1.54, 1.807) is 7.11 Å². The summed E-state index contributed by atoms with van der Waals surface area (Å²) < 4.78 is 10.3. The second kappa shape index (κ2) is 6.81. The summed E-state index contributed by atoms with van der Waals surface area (Å²) in [6.07, 6.45) is 2.41. The molecular formula is C17H21N3O3. The standard InChI is InChI=1S/C17H21N3O3/c1-12-4-3-9-20(11-12)16(21)10-15-18-17(19-23-15)13-5-7-14(22-2)8-6-13/h5-8,12H,3-4,9-11H2,1-2H3/t12-/m0/s1. The van der Waals surface area contributed by atoms with Crippen LogP contribution in [0.15, 0.2) is 28.8 Å². The summed E-state index contributed by atoms with van der Waals surface area (Å²) >= 11 is 0. The van der Waals surface area contributed by atoms with Gasteiger partial charge in [-0.3, -0.25) is 4.79 Å². The average molecular weight is 315 g/mol. The molecule has 122 valence electrons. The summed E-state index contributed by atoms with van der Waals surface area (Å²) in [6.45, 7) is 3.81. The van der Waals surface area contributed by atoms with Gasteiger partial charge in [0, 0.05) is 18.7 Å². The van der Waals surface area contributed by atoms with Crippen molar-refractivity contribution >= 4 is 5.91 Å². The highest BCUT2D eigenvalue weighted by Gasteiger charge is 2.23. The zero-order valence-corrected chi connectivity index (χ0v) is 13.5. The fourth-order valence-corrected chi connectivity index (χ4v) is 2.84. The maximum atomic E-state index is 12.3. The summed E-state index contributed by atoms with van der Waals surface area (Å²) in [5.41, 5.74) is 0.833. The Morgan fingerprint density at radius 2 is 2.17 bits per heavy atom. The van der Waals surface area contributed by atoms with Crippen molar-refractivity contribution in [1.29, 1.82) is 0 Å². The first-order valence-corrected chi connectivity index (χ1v) is 7.90. The average Bonchev–Trinajstić information content (AvgIpc) is 3.03. The van der Waals surface area contributed by atoms with Crippen molar-refractivity contribution in [3.05, 3.63) is 30.2 Å². The lowest BCUT2D eigenvalue weighted by Crippen LogP contribution is -2.39. The van der Waals surface area contributed by atoms with Crippen LogP contribution in [0, 0.1) is 5.92 Å². The molecule has 2 aromatic rings. The fraction of sp³-hybridized carbons (Fsp3) is 0.471. The van der Waals surface area contributed by atoms with Crippen LogP contribution in [0.2, 0.25) is 0 Å². The molecule has 0 N–H and O–H groups in total. The van der Waals surface area contributed by atoms with Crippen LogP contribution in [0.4, 0.5) is 0 Å². The SMILES string of the molecule is COc1ccc(-c2noc(CC(=O)N3CCC[C@H](C)C3)n2)cc1. The molecule has 0 saturated carbocycles. The van der Waals surface area contributed by atoms with Crippen molar-refractivity contribution in [3.8, 4) is 17.1 Å². The van der Waals surface area contributed by atoms with Crippen LogP contribution in [0.1, 0.15) is 25.7 Å². The molecule has 1 fully saturated rings. The lowest BCUT2D eigenvalue weighted by Gasteiger charge is -2.30. The van der Waals surface area contributed by atoms with Gasteiger partial charge in [0.1, 0.15) is 12.2 Å². The van der Waals surface area contributed by atoms with Gasteiger partial charge in [0.25, 0.3) is 0 Å². The van der Waals surface area contributed by atoms with Crippen LogP contribution < -0.4 is 4.74 Å². The van der Waals surface area contributed by atoms with E-state index < -0.39 is 0 Å². The summed E-state index contributed by atoms with van der Waals surface area (Å²) in [5, 5.41) is 3.96. The molecule has 0 spiro atoms. The van der Waals surface area contributed by atoms with Gasteiger partial charge in [0.2, 0.25) is 17.6 Å². The van der Waals surface area contributed by atoms with Crippen molar-refractivity contribution in [2.24, 2.45) is 5.92 Å². The van der Waals surface area contributed by atoms with Gasteiger partial charge < -0.3 is 14.2 Å². The molecule has 23 heavy (non-hydrogen) atoms. The molecule has 6 nitrogen and oxygen atoms in total. The second-order valence-electron chi connectivity index (χ2n) is 6.00.